The number of nitro groups is 1. The molecule has 0 aliphatic rings. The molecule has 0 spiro atoms. The predicted molar refractivity (Wildman–Crippen MR) is 117 cm³/mol. The van der Waals surface area contributed by atoms with Crippen LogP contribution in [0.2, 0.25) is 0 Å². The van der Waals surface area contributed by atoms with Gasteiger partial charge in [-0.1, -0.05) is 38.1 Å². The lowest BCUT2D eigenvalue weighted by Crippen LogP contribution is -2.20. The summed E-state index contributed by atoms with van der Waals surface area (Å²) in [6.45, 7) is 6.03. The standard InChI is InChI=1S/C22H23N3O4S/c1-14(2)19-8-7-15(3)9-20(19)29-13-21(26)24-22-23-12-18(30-22)11-16-5-4-6-17(10-16)25(27)28/h4-10,12,14H,11,13H2,1-3H3,(H,23,24,26). The molecule has 0 radical (unpaired) electrons. The fraction of sp³-hybridized carbons (Fsp3) is 0.273. The SMILES string of the molecule is Cc1ccc(C(C)C)c(OCC(=O)Nc2ncc(Cc3cccc([N+](=O)[O-])c3)s2)c1. The number of rotatable bonds is 8. The Morgan fingerprint density at radius 2 is 2.07 bits per heavy atom. The Bertz CT molecular complexity index is 1060. The van der Waals surface area contributed by atoms with E-state index < -0.39 is 4.92 Å². The monoisotopic (exact) mass is 425 g/mol. The molecule has 1 N–H and O–H groups in total. The number of amides is 1. The molecule has 0 bridgehead atoms. The van der Waals surface area contributed by atoms with Crippen molar-refractivity contribution in [1.82, 2.24) is 4.98 Å². The lowest BCUT2D eigenvalue weighted by molar-refractivity contribution is -0.384. The smallest absolute Gasteiger partial charge is 0.269 e. The highest BCUT2D eigenvalue weighted by atomic mass is 32.1. The van der Waals surface area contributed by atoms with Crippen molar-refractivity contribution < 1.29 is 14.5 Å². The minimum atomic E-state index is -0.416. The zero-order chi connectivity index (χ0) is 21.7. The number of non-ortho nitro benzene ring substituents is 1. The van der Waals surface area contributed by atoms with E-state index in [1.54, 1.807) is 18.3 Å². The summed E-state index contributed by atoms with van der Waals surface area (Å²) in [7, 11) is 0. The van der Waals surface area contributed by atoms with Gasteiger partial charge in [-0.2, -0.15) is 0 Å². The normalized spacial score (nSPS) is 10.8. The van der Waals surface area contributed by atoms with Gasteiger partial charge in [-0.15, -0.1) is 11.3 Å². The van der Waals surface area contributed by atoms with E-state index in [2.05, 4.69) is 24.1 Å². The van der Waals surface area contributed by atoms with E-state index >= 15 is 0 Å². The number of hydrogen-bond donors (Lipinski definition) is 1. The van der Waals surface area contributed by atoms with Gasteiger partial charge in [-0.05, 0) is 35.6 Å². The molecule has 1 aromatic heterocycles. The van der Waals surface area contributed by atoms with Gasteiger partial charge in [0.1, 0.15) is 5.75 Å². The molecule has 7 nitrogen and oxygen atoms in total. The Kier molecular flexibility index (Phi) is 6.79. The van der Waals surface area contributed by atoms with Crippen molar-refractivity contribution in [2.75, 3.05) is 11.9 Å². The molecule has 0 saturated carbocycles. The Labute approximate surface area is 178 Å². The number of anilines is 1. The largest absolute Gasteiger partial charge is 0.483 e. The molecule has 156 valence electrons. The highest BCUT2D eigenvalue weighted by Crippen LogP contribution is 2.28. The average molecular weight is 426 g/mol. The molecule has 1 heterocycles. The number of nitrogens with one attached hydrogen (secondary N) is 1. The first kappa shape index (κ1) is 21.4. The van der Waals surface area contributed by atoms with Gasteiger partial charge in [0.15, 0.2) is 11.7 Å². The van der Waals surface area contributed by atoms with Crippen LogP contribution in [0.3, 0.4) is 0 Å². The van der Waals surface area contributed by atoms with E-state index in [0.717, 1.165) is 21.6 Å². The molecule has 0 fully saturated rings. The number of benzene rings is 2. The second kappa shape index (κ2) is 9.49. The van der Waals surface area contributed by atoms with Crippen LogP contribution in [-0.4, -0.2) is 22.4 Å². The lowest BCUT2D eigenvalue weighted by atomic mass is 10.0. The maximum Gasteiger partial charge on any atom is 0.269 e. The van der Waals surface area contributed by atoms with E-state index in [1.807, 2.05) is 31.2 Å². The summed E-state index contributed by atoms with van der Waals surface area (Å²) in [5.41, 5.74) is 3.00. The summed E-state index contributed by atoms with van der Waals surface area (Å²) in [4.78, 5) is 27.9. The summed E-state index contributed by atoms with van der Waals surface area (Å²) in [5, 5.41) is 14.1. The van der Waals surface area contributed by atoms with Gasteiger partial charge in [-0.3, -0.25) is 20.2 Å². The van der Waals surface area contributed by atoms with E-state index in [1.165, 1.54) is 17.4 Å². The number of aromatic nitrogens is 1. The highest BCUT2D eigenvalue weighted by Gasteiger charge is 2.13. The molecule has 3 rings (SSSR count). The van der Waals surface area contributed by atoms with Gasteiger partial charge >= 0.3 is 0 Å². The van der Waals surface area contributed by atoms with Crippen molar-refractivity contribution in [3.63, 3.8) is 0 Å². The number of carbonyl (C=O) groups excluding carboxylic acids is 1. The highest BCUT2D eigenvalue weighted by molar-refractivity contribution is 7.15. The number of ether oxygens (including phenoxy) is 1. The van der Waals surface area contributed by atoms with Crippen LogP contribution in [-0.2, 0) is 11.2 Å². The zero-order valence-electron chi connectivity index (χ0n) is 17.0. The minimum Gasteiger partial charge on any atom is -0.483 e. The van der Waals surface area contributed by atoms with Crippen LogP contribution in [0.5, 0.6) is 5.75 Å². The Balaban J connectivity index is 1.58. The van der Waals surface area contributed by atoms with Gasteiger partial charge in [0.05, 0.1) is 4.92 Å². The van der Waals surface area contributed by atoms with E-state index in [9.17, 15) is 14.9 Å². The molecule has 0 aliphatic heterocycles. The van der Waals surface area contributed by atoms with E-state index in [0.29, 0.717) is 23.2 Å². The number of thiazole rings is 1. The predicted octanol–water partition coefficient (Wildman–Crippen LogP) is 5.09. The fourth-order valence-electron chi connectivity index (χ4n) is 2.97. The molecule has 0 unspecified atom stereocenters. The van der Waals surface area contributed by atoms with Crippen molar-refractivity contribution in [2.45, 2.75) is 33.1 Å². The summed E-state index contributed by atoms with van der Waals surface area (Å²) >= 11 is 1.33. The molecule has 3 aromatic rings. The van der Waals surface area contributed by atoms with Crippen LogP contribution in [0.25, 0.3) is 0 Å². The first-order chi connectivity index (χ1) is 14.3. The first-order valence-electron chi connectivity index (χ1n) is 9.53. The quantitative estimate of drug-likeness (QED) is 0.401. The van der Waals surface area contributed by atoms with Gasteiger partial charge < -0.3 is 4.74 Å². The molecule has 1 amide bonds. The second-order valence-electron chi connectivity index (χ2n) is 7.27. The fourth-order valence-corrected chi connectivity index (χ4v) is 3.83. The molecular weight excluding hydrogens is 402 g/mol. The number of aryl methyl sites for hydroxylation is 1. The van der Waals surface area contributed by atoms with Crippen LogP contribution in [0.15, 0.2) is 48.7 Å². The van der Waals surface area contributed by atoms with Crippen molar-refractivity contribution in [2.24, 2.45) is 0 Å². The third-order valence-electron chi connectivity index (χ3n) is 4.45. The molecule has 0 saturated heterocycles. The van der Waals surface area contributed by atoms with Crippen molar-refractivity contribution >= 4 is 28.1 Å². The van der Waals surface area contributed by atoms with Gasteiger partial charge in [0, 0.05) is 29.6 Å². The van der Waals surface area contributed by atoms with Gasteiger partial charge in [0.2, 0.25) is 0 Å². The first-order valence-corrected chi connectivity index (χ1v) is 10.3. The third kappa shape index (κ3) is 5.64. The maximum absolute atomic E-state index is 12.3. The summed E-state index contributed by atoms with van der Waals surface area (Å²) < 4.78 is 5.75. The summed E-state index contributed by atoms with van der Waals surface area (Å²) in [6, 6.07) is 12.5. The number of hydrogen-bond acceptors (Lipinski definition) is 6. The molecule has 0 atom stereocenters. The van der Waals surface area contributed by atoms with Crippen LogP contribution < -0.4 is 10.1 Å². The van der Waals surface area contributed by atoms with Gasteiger partial charge in [-0.25, -0.2) is 4.98 Å². The maximum atomic E-state index is 12.3. The van der Waals surface area contributed by atoms with Crippen molar-refractivity contribution in [3.05, 3.63) is 80.3 Å². The van der Waals surface area contributed by atoms with Crippen LogP contribution >= 0.6 is 11.3 Å². The minimum absolute atomic E-state index is 0.0552. The van der Waals surface area contributed by atoms with Gasteiger partial charge in [0.25, 0.3) is 11.6 Å². The average Bonchev–Trinajstić information content (AvgIpc) is 3.13. The van der Waals surface area contributed by atoms with Crippen LogP contribution in [0.1, 0.15) is 41.3 Å². The van der Waals surface area contributed by atoms with E-state index in [4.69, 9.17) is 4.74 Å². The Hall–Kier alpha value is -3.26. The molecule has 8 heteroatoms. The molecule has 2 aromatic carbocycles. The lowest BCUT2D eigenvalue weighted by Gasteiger charge is -2.14. The number of nitrogens with zero attached hydrogens (tertiary/aromatic N) is 2. The topological polar surface area (TPSA) is 94.4 Å². The molecule has 30 heavy (non-hydrogen) atoms. The zero-order valence-corrected chi connectivity index (χ0v) is 17.9. The van der Waals surface area contributed by atoms with Crippen molar-refractivity contribution in [1.29, 1.82) is 0 Å². The molecule has 0 aliphatic carbocycles. The van der Waals surface area contributed by atoms with Crippen molar-refractivity contribution in [3.8, 4) is 5.75 Å². The summed E-state index contributed by atoms with van der Waals surface area (Å²) in [6.07, 6.45) is 2.17. The Morgan fingerprint density at radius 3 is 2.80 bits per heavy atom. The van der Waals surface area contributed by atoms with Crippen LogP contribution in [0.4, 0.5) is 10.8 Å². The Morgan fingerprint density at radius 1 is 1.27 bits per heavy atom. The molecular formula is C22H23N3O4S. The van der Waals surface area contributed by atoms with E-state index in [-0.39, 0.29) is 18.2 Å². The van der Waals surface area contributed by atoms with Crippen LogP contribution in [0, 0.1) is 17.0 Å². The second-order valence-corrected chi connectivity index (χ2v) is 8.38. The summed E-state index contributed by atoms with van der Waals surface area (Å²) in [5.74, 6) is 0.715. The number of carbonyl (C=O) groups is 1. The third-order valence-corrected chi connectivity index (χ3v) is 5.36. The number of nitro benzene ring substituents is 1.